The number of urea groups is 1. The van der Waals surface area contributed by atoms with Gasteiger partial charge < -0.3 is 15.8 Å². The van der Waals surface area contributed by atoms with Crippen molar-refractivity contribution in [3.8, 4) is 0 Å². The van der Waals surface area contributed by atoms with Crippen LogP contribution in [-0.4, -0.2) is 41.0 Å². The quantitative estimate of drug-likeness (QED) is 0.324. The van der Waals surface area contributed by atoms with E-state index in [-0.39, 0.29) is 30.2 Å². The van der Waals surface area contributed by atoms with Gasteiger partial charge in [0.1, 0.15) is 6.61 Å². The van der Waals surface area contributed by atoms with Crippen LogP contribution in [0.3, 0.4) is 0 Å². The maximum atomic E-state index is 11.5. The van der Waals surface area contributed by atoms with Gasteiger partial charge in [0.2, 0.25) is 11.9 Å². The molecule has 0 aliphatic carbocycles. The van der Waals surface area contributed by atoms with Crippen LogP contribution in [-0.2, 0) is 14.3 Å². The number of amides is 3. The summed E-state index contributed by atoms with van der Waals surface area (Å²) in [6, 6.07) is 0.741. The van der Waals surface area contributed by atoms with Crippen LogP contribution in [0, 0.1) is 6.92 Å². The number of aryl methyl sites for hydroxylation is 1. The van der Waals surface area contributed by atoms with Gasteiger partial charge in [-0.05, 0) is 20.8 Å². The number of aromatic amines is 1. The molecule has 0 fully saturated rings. The highest BCUT2D eigenvalue weighted by Crippen LogP contribution is 1.95. The van der Waals surface area contributed by atoms with E-state index in [1.807, 2.05) is 0 Å². The molecule has 0 saturated heterocycles. The van der Waals surface area contributed by atoms with Crippen LogP contribution in [0.4, 0.5) is 10.7 Å². The first-order chi connectivity index (χ1) is 12.0. The third kappa shape index (κ3) is 10.4. The Bertz CT molecular complexity index is 742. The van der Waals surface area contributed by atoms with Gasteiger partial charge in [-0.2, -0.15) is 0 Å². The molecule has 1 aromatic rings. The Hall–Kier alpha value is -3.43. The Morgan fingerprint density at radius 2 is 1.85 bits per heavy atom. The van der Waals surface area contributed by atoms with Crippen LogP contribution in [0.1, 0.15) is 19.5 Å². The largest absolute Gasteiger partial charge is 0.460 e. The first-order valence-corrected chi connectivity index (χ1v) is 7.43. The molecular formula is C16H23N5O5. The van der Waals surface area contributed by atoms with E-state index in [0.29, 0.717) is 11.3 Å². The lowest BCUT2D eigenvalue weighted by Crippen LogP contribution is -2.33. The lowest BCUT2D eigenvalue weighted by atomic mass is 10.3. The second kappa shape index (κ2) is 11.2. The predicted octanol–water partition coefficient (Wildman–Crippen LogP) is 0.367. The SMILES string of the molecule is C=C(C)C(=O)OCCNC(=O)Nc1nc(C)cc(=O)[nH]1.C=C(C)C(N)=O. The topological polar surface area (TPSA) is 156 Å². The van der Waals surface area contributed by atoms with Crippen LogP contribution in [0.5, 0.6) is 0 Å². The third-order valence-electron chi connectivity index (χ3n) is 2.49. The Balaban J connectivity index is 0.000000896. The number of aromatic nitrogens is 2. The van der Waals surface area contributed by atoms with E-state index in [4.69, 9.17) is 10.5 Å². The van der Waals surface area contributed by atoms with Gasteiger partial charge in [0, 0.05) is 22.9 Å². The highest BCUT2D eigenvalue weighted by atomic mass is 16.5. The lowest BCUT2D eigenvalue weighted by molar-refractivity contribution is -0.138. The Morgan fingerprint density at radius 3 is 2.31 bits per heavy atom. The van der Waals surface area contributed by atoms with Crippen molar-refractivity contribution in [2.24, 2.45) is 5.73 Å². The molecule has 0 saturated carbocycles. The number of hydrogen-bond donors (Lipinski definition) is 4. The number of hydrogen-bond acceptors (Lipinski definition) is 6. The summed E-state index contributed by atoms with van der Waals surface area (Å²) < 4.78 is 4.79. The molecule has 142 valence electrons. The zero-order chi connectivity index (χ0) is 20.3. The van der Waals surface area contributed by atoms with Crippen molar-refractivity contribution in [3.63, 3.8) is 0 Å². The van der Waals surface area contributed by atoms with Crippen LogP contribution in [0.2, 0.25) is 0 Å². The molecule has 1 aromatic heterocycles. The Morgan fingerprint density at radius 1 is 1.27 bits per heavy atom. The van der Waals surface area contributed by atoms with Crippen molar-refractivity contribution in [3.05, 3.63) is 46.4 Å². The Kier molecular flexibility index (Phi) is 9.71. The van der Waals surface area contributed by atoms with Crippen molar-refractivity contribution in [1.82, 2.24) is 15.3 Å². The van der Waals surface area contributed by atoms with E-state index >= 15 is 0 Å². The fourth-order valence-electron chi connectivity index (χ4n) is 1.22. The second-order valence-electron chi connectivity index (χ2n) is 5.18. The molecule has 26 heavy (non-hydrogen) atoms. The highest BCUT2D eigenvalue weighted by Gasteiger charge is 2.05. The summed E-state index contributed by atoms with van der Waals surface area (Å²) in [5.74, 6) is -0.904. The molecule has 0 aromatic carbocycles. The normalized spacial score (nSPS) is 9.19. The number of nitrogens with zero attached hydrogens (tertiary/aromatic N) is 1. The Labute approximate surface area is 150 Å². The zero-order valence-corrected chi connectivity index (χ0v) is 15.0. The number of anilines is 1. The fourth-order valence-corrected chi connectivity index (χ4v) is 1.22. The van der Waals surface area contributed by atoms with Gasteiger partial charge in [0.15, 0.2) is 0 Å². The predicted molar refractivity (Wildman–Crippen MR) is 96.4 cm³/mol. The molecule has 0 aliphatic rings. The number of ether oxygens (including phenoxy) is 1. The monoisotopic (exact) mass is 365 g/mol. The number of H-pyrrole nitrogens is 1. The van der Waals surface area contributed by atoms with Crippen molar-refractivity contribution < 1.29 is 19.1 Å². The summed E-state index contributed by atoms with van der Waals surface area (Å²) >= 11 is 0. The summed E-state index contributed by atoms with van der Waals surface area (Å²) in [5, 5.41) is 4.81. The first kappa shape index (κ1) is 22.6. The molecule has 5 N–H and O–H groups in total. The molecule has 1 heterocycles. The maximum Gasteiger partial charge on any atom is 0.333 e. The average Bonchev–Trinajstić information content (AvgIpc) is 2.50. The molecule has 0 bridgehead atoms. The molecule has 0 radical (unpaired) electrons. The zero-order valence-electron chi connectivity index (χ0n) is 15.0. The number of carbonyl (C=O) groups is 3. The van der Waals surface area contributed by atoms with E-state index in [2.05, 4.69) is 33.8 Å². The number of rotatable bonds is 6. The van der Waals surface area contributed by atoms with Crippen LogP contribution < -0.4 is 21.9 Å². The van der Waals surface area contributed by atoms with Gasteiger partial charge in [0.25, 0.3) is 5.56 Å². The second-order valence-corrected chi connectivity index (χ2v) is 5.18. The molecular weight excluding hydrogens is 342 g/mol. The summed E-state index contributed by atoms with van der Waals surface area (Å²) in [4.78, 5) is 49.8. The number of nitrogens with one attached hydrogen (secondary N) is 3. The minimum absolute atomic E-state index is 0.0247. The lowest BCUT2D eigenvalue weighted by Gasteiger charge is -2.07. The molecule has 0 atom stereocenters. The highest BCUT2D eigenvalue weighted by molar-refractivity contribution is 5.90. The van der Waals surface area contributed by atoms with Gasteiger partial charge in [-0.25, -0.2) is 14.6 Å². The van der Waals surface area contributed by atoms with Crippen molar-refractivity contribution in [2.75, 3.05) is 18.5 Å². The van der Waals surface area contributed by atoms with Gasteiger partial charge in [0.05, 0.1) is 6.54 Å². The van der Waals surface area contributed by atoms with E-state index < -0.39 is 17.9 Å². The van der Waals surface area contributed by atoms with Gasteiger partial charge >= 0.3 is 12.0 Å². The van der Waals surface area contributed by atoms with Crippen molar-refractivity contribution >= 4 is 23.9 Å². The molecule has 10 heteroatoms. The molecule has 1 rings (SSSR count). The van der Waals surface area contributed by atoms with E-state index in [9.17, 15) is 19.2 Å². The minimum Gasteiger partial charge on any atom is -0.460 e. The summed E-state index contributed by atoms with van der Waals surface area (Å²) in [6.07, 6.45) is 0. The molecule has 0 spiro atoms. The van der Waals surface area contributed by atoms with Crippen LogP contribution in [0.25, 0.3) is 0 Å². The smallest absolute Gasteiger partial charge is 0.333 e. The first-order valence-electron chi connectivity index (χ1n) is 7.43. The maximum absolute atomic E-state index is 11.5. The summed E-state index contributed by atoms with van der Waals surface area (Å²) in [6.45, 7) is 11.6. The number of nitrogens with two attached hydrogens (primary N) is 1. The van der Waals surface area contributed by atoms with Crippen molar-refractivity contribution in [1.29, 1.82) is 0 Å². The van der Waals surface area contributed by atoms with Crippen LogP contribution in [0.15, 0.2) is 35.2 Å². The molecule has 0 aliphatic heterocycles. The number of esters is 1. The standard InChI is InChI=1S/C12H16N4O4.C4H7NO/c1-7(2)10(18)20-5-4-13-12(19)16-11-14-8(3)6-9(17)15-11;1-3(2)4(5)6/h6H,1,4-5H2,2-3H3,(H3,13,14,15,16,17,19);1H2,2H3,(H2,5,6). The van der Waals surface area contributed by atoms with Crippen LogP contribution >= 0.6 is 0 Å². The van der Waals surface area contributed by atoms with E-state index in [0.717, 1.165) is 0 Å². The molecule has 3 amide bonds. The summed E-state index contributed by atoms with van der Waals surface area (Å²) in [5.41, 5.74) is 5.51. The molecule has 10 nitrogen and oxygen atoms in total. The molecule has 0 unspecified atom stereocenters. The van der Waals surface area contributed by atoms with Gasteiger partial charge in [-0.1, -0.05) is 13.2 Å². The van der Waals surface area contributed by atoms with E-state index in [1.165, 1.54) is 13.0 Å². The van der Waals surface area contributed by atoms with Gasteiger partial charge in [-0.3, -0.25) is 19.9 Å². The number of primary amides is 1. The minimum atomic E-state index is -0.565. The van der Waals surface area contributed by atoms with E-state index in [1.54, 1.807) is 13.8 Å². The van der Waals surface area contributed by atoms with Crippen molar-refractivity contribution in [2.45, 2.75) is 20.8 Å². The summed E-state index contributed by atoms with van der Waals surface area (Å²) in [7, 11) is 0. The number of carbonyl (C=O) groups excluding carboxylic acids is 3. The third-order valence-corrected chi connectivity index (χ3v) is 2.49. The van der Waals surface area contributed by atoms with Gasteiger partial charge in [-0.15, -0.1) is 0 Å². The fraction of sp³-hybridized carbons (Fsp3) is 0.312. The average molecular weight is 365 g/mol.